The minimum absolute atomic E-state index is 0.0715. The summed E-state index contributed by atoms with van der Waals surface area (Å²) in [5, 5.41) is 2.59. The van der Waals surface area contributed by atoms with Crippen LogP contribution in [0.2, 0.25) is 0 Å². The van der Waals surface area contributed by atoms with Crippen LogP contribution in [0.4, 0.5) is 20.3 Å². The zero-order chi connectivity index (χ0) is 13.8. The summed E-state index contributed by atoms with van der Waals surface area (Å²) in [5.74, 6) is 3.48. The Kier molecular flexibility index (Phi) is 3.67. The van der Waals surface area contributed by atoms with Crippen molar-refractivity contribution in [3.8, 4) is 0 Å². The van der Waals surface area contributed by atoms with Crippen molar-refractivity contribution in [2.24, 2.45) is 5.84 Å². The number of pyridine rings is 1. The average molecular weight is 264 g/mol. The molecule has 0 fully saturated rings. The molecular formula is C12H10F2N4O. The predicted molar refractivity (Wildman–Crippen MR) is 65.5 cm³/mol. The third-order valence-electron chi connectivity index (χ3n) is 2.34. The predicted octanol–water partition coefficient (Wildman–Crippen LogP) is 1.71. The van der Waals surface area contributed by atoms with Gasteiger partial charge in [0.05, 0.1) is 5.69 Å². The van der Waals surface area contributed by atoms with Crippen LogP contribution in [0.3, 0.4) is 0 Å². The fraction of sp³-hybridized carbons (Fsp3) is 0. The second kappa shape index (κ2) is 5.40. The second-order valence-corrected chi connectivity index (χ2v) is 3.65. The molecule has 0 spiro atoms. The molecular weight excluding hydrogens is 254 g/mol. The van der Waals surface area contributed by atoms with Crippen LogP contribution in [0.5, 0.6) is 0 Å². The molecule has 1 heterocycles. The summed E-state index contributed by atoms with van der Waals surface area (Å²) in [6.45, 7) is 0. The molecule has 7 heteroatoms. The zero-order valence-corrected chi connectivity index (χ0v) is 9.65. The summed E-state index contributed by atoms with van der Waals surface area (Å²) < 4.78 is 26.4. The van der Waals surface area contributed by atoms with Gasteiger partial charge in [-0.2, -0.15) is 0 Å². The van der Waals surface area contributed by atoms with Gasteiger partial charge in [0.15, 0.2) is 0 Å². The first kappa shape index (κ1) is 12.9. The van der Waals surface area contributed by atoms with Crippen molar-refractivity contribution in [2.75, 3.05) is 5.32 Å². The normalized spacial score (nSPS) is 10.1. The summed E-state index contributed by atoms with van der Waals surface area (Å²) in [6, 6.07) is 5.80. The molecule has 0 aliphatic rings. The lowest BCUT2D eigenvalue weighted by molar-refractivity contribution is 0.0953. The van der Waals surface area contributed by atoms with Crippen molar-refractivity contribution >= 4 is 17.4 Å². The second-order valence-electron chi connectivity index (χ2n) is 3.65. The van der Waals surface area contributed by atoms with E-state index in [0.717, 1.165) is 18.2 Å². The van der Waals surface area contributed by atoms with Crippen LogP contribution in [0.1, 0.15) is 10.4 Å². The lowest BCUT2D eigenvalue weighted by atomic mass is 10.2. The topological polar surface area (TPSA) is 80.0 Å². The number of nitrogens with one attached hydrogen (secondary N) is 2. The molecule has 0 saturated carbocycles. The Balaban J connectivity index is 2.28. The number of hydrogen-bond donors (Lipinski definition) is 3. The fourth-order valence-electron chi connectivity index (χ4n) is 1.45. The van der Waals surface area contributed by atoms with Crippen molar-refractivity contribution in [1.29, 1.82) is 0 Å². The molecule has 0 bridgehead atoms. The van der Waals surface area contributed by atoms with E-state index in [4.69, 9.17) is 5.84 Å². The van der Waals surface area contributed by atoms with E-state index >= 15 is 0 Å². The maximum atomic E-state index is 13.4. The first-order valence-corrected chi connectivity index (χ1v) is 5.29. The summed E-state index contributed by atoms with van der Waals surface area (Å²) in [6.07, 6.45) is 1.35. The molecule has 0 aliphatic carbocycles. The zero-order valence-electron chi connectivity index (χ0n) is 9.65. The Morgan fingerprint density at radius 2 is 2.00 bits per heavy atom. The van der Waals surface area contributed by atoms with E-state index in [1.54, 1.807) is 0 Å². The van der Waals surface area contributed by atoms with E-state index in [2.05, 4.69) is 10.3 Å². The van der Waals surface area contributed by atoms with Gasteiger partial charge in [-0.15, -0.1) is 0 Å². The molecule has 0 unspecified atom stereocenters. The number of nitrogens with zero attached hydrogens (tertiary/aromatic N) is 1. The van der Waals surface area contributed by atoms with Crippen LogP contribution >= 0.6 is 0 Å². The molecule has 0 saturated heterocycles. The van der Waals surface area contributed by atoms with E-state index in [0.29, 0.717) is 0 Å². The third kappa shape index (κ3) is 3.02. The van der Waals surface area contributed by atoms with Crippen molar-refractivity contribution in [2.45, 2.75) is 0 Å². The summed E-state index contributed by atoms with van der Waals surface area (Å²) in [7, 11) is 0. The van der Waals surface area contributed by atoms with Gasteiger partial charge in [0.1, 0.15) is 17.5 Å². The lowest BCUT2D eigenvalue weighted by Gasteiger charge is -2.08. The SMILES string of the molecule is NNC(=O)c1ccnc(Nc2cc(F)ccc2F)c1. The first-order chi connectivity index (χ1) is 9.10. The van der Waals surface area contributed by atoms with E-state index in [1.807, 2.05) is 5.43 Å². The number of rotatable bonds is 3. The molecule has 98 valence electrons. The van der Waals surface area contributed by atoms with Gasteiger partial charge in [-0.1, -0.05) is 0 Å². The molecule has 0 aliphatic heterocycles. The third-order valence-corrected chi connectivity index (χ3v) is 2.34. The number of hydrogen-bond acceptors (Lipinski definition) is 4. The van der Waals surface area contributed by atoms with Crippen LogP contribution in [-0.2, 0) is 0 Å². The van der Waals surface area contributed by atoms with E-state index in [-0.39, 0.29) is 17.1 Å². The summed E-state index contributed by atoms with van der Waals surface area (Å²) >= 11 is 0. The molecule has 2 aromatic rings. The fourth-order valence-corrected chi connectivity index (χ4v) is 1.45. The van der Waals surface area contributed by atoms with Gasteiger partial charge in [0, 0.05) is 17.8 Å². The number of benzene rings is 1. The number of halogens is 2. The van der Waals surface area contributed by atoms with Gasteiger partial charge in [-0.25, -0.2) is 19.6 Å². The number of aromatic nitrogens is 1. The number of nitrogens with two attached hydrogens (primary N) is 1. The minimum atomic E-state index is -0.628. The summed E-state index contributed by atoms with van der Waals surface area (Å²) in [5.41, 5.74) is 2.14. The molecule has 1 amide bonds. The average Bonchev–Trinajstić information content (AvgIpc) is 2.42. The highest BCUT2D eigenvalue weighted by Gasteiger charge is 2.08. The molecule has 2 rings (SSSR count). The molecule has 4 N–H and O–H groups in total. The molecule has 0 atom stereocenters. The van der Waals surface area contributed by atoms with Gasteiger partial charge < -0.3 is 5.32 Å². The van der Waals surface area contributed by atoms with Gasteiger partial charge in [0.25, 0.3) is 5.91 Å². The quantitative estimate of drug-likeness (QED) is 0.448. The van der Waals surface area contributed by atoms with Crippen molar-refractivity contribution in [3.05, 3.63) is 53.7 Å². The van der Waals surface area contributed by atoms with Crippen molar-refractivity contribution in [3.63, 3.8) is 0 Å². The number of anilines is 2. The van der Waals surface area contributed by atoms with Crippen LogP contribution in [0.25, 0.3) is 0 Å². The smallest absolute Gasteiger partial charge is 0.265 e. The van der Waals surface area contributed by atoms with Crippen LogP contribution < -0.4 is 16.6 Å². The number of hydrazine groups is 1. The number of nitrogen functional groups attached to an aromatic ring is 1. The highest BCUT2D eigenvalue weighted by Crippen LogP contribution is 2.20. The number of carbonyl (C=O) groups excluding carboxylic acids is 1. The van der Waals surface area contributed by atoms with Crippen LogP contribution in [0, 0.1) is 11.6 Å². The number of carbonyl (C=O) groups is 1. The van der Waals surface area contributed by atoms with Gasteiger partial charge in [-0.05, 0) is 24.3 Å². The van der Waals surface area contributed by atoms with E-state index in [1.165, 1.54) is 18.3 Å². The van der Waals surface area contributed by atoms with Gasteiger partial charge >= 0.3 is 0 Å². The maximum Gasteiger partial charge on any atom is 0.265 e. The molecule has 0 radical (unpaired) electrons. The van der Waals surface area contributed by atoms with E-state index in [9.17, 15) is 13.6 Å². The maximum absolute atomic E-state index is 13.4. The molecule has 19 heavy (non-hydrogen) atoms. The highest BCUT2D eigenvalue weighted by atomic mass is 19.1. The largest absolute Gasteiger partial charge is 0.338 e. The lowest BCUT2D eigenvalue weighted by Crippen LogP contribution is -2.30. The molecule has 5 nitrogen and oxygen atoms in total. The number of amides is 1. The standard InChI is InChI=1S/C12H10F2N4O/c13-8-1-2-9(14)10(6-8)17-11-5-7(3-4-16-11)12(19)18-15/h1-6H,15H2,(H,16,17)(H,18,19). The Labute approximate surface area is 107 Å². The highest BCUT2D eigenvalue weighted by molar-refractivity contribution is 5.94. The monoisotopic (exact) mass is 264 g/mol. The van der Waals surface area contributed by atoms with Gasteiger partial charge in [-0.3, -0.25) is 10.2 Å². The Hall–Kier alpha value is -2.54. The minimum Gasteiger partial charge on any atom is -0.338 e. The van der Waals surface area contributed by atoms with E-state index < -0.39 is 17.5 Å². The molecule has 1 aromatic carbocycles. The van der Waals surface area contributed by atoms with Crippen LogP contribution in [-0.4, -0.2) is 10.9 Å². The van der Waals surface area contributed by atoms with Gasteiger partial charge in [0.2, 0.25) is 0 Å². The first-order valence-electron chi connectivity index (χ1n) is 5.29. The van der Waals surface area contributed by atoms with Crippen molar-refractivity contribution in [1.82, 2.24) is 10.4 Å². The Morgan fingerprint density at radius 1 is 1.21 bits per heavy atom. The van der Waals surface area contributed by atoms with Crippen LogP contribution in [0.15, 0.2) is 36.5 Å². The summed E-state index contributed by atoms with van der Waals surface area (Å²) in [4.78, 5) is 15.2. The Morgan fingerprint density at radius 3 is 2.74 bits per heavy atom. The Bertz CT molecular complexity index is 618. The molecule has 1 aromatic heterocycles. The van der Waals surface area contributed by atoms with Crippen molar-refractivity contribution < 1.29 is 13.6 Å².